The molecule has 12 heteroatoms. The number of fused-ring (bicyclic) bond motifs is 1. The van der Waals surface area contributed by atoms with Gasteiger partial charge in [-0.15, -0.1) is 0 Å². The van der Waals surface area contributed by atoms with Crippen LogP contribution in [0.3, 0.4) is 0 Å². The monoisotopic (exact) mass is 895 g/mol. The summed E-state index contributed by atoms with van der Waals surface area (Å²) in [6.07, 6.45) is 11.0. The lowest BCUT2D eigenvalue weighted by Crippen LogP contribution is -2.53. The highest BCUT2D eigenvalue weighted by Gasteiger charge is 2.53. The third-order valence-electron chi connectivity index (χ3n) is 11.9. The van der Waals surface area contributed by atoms with Gasteiger partial charge in [-0.05, 0) is 81.4 Å². The molecule has 1 heterocycles. The zero-order chi connectivity index (χ0) is 47.0. The van der Waals surface area contributed by atoms with Crippen LogP contribution in [0.2, 0.25) is 0 Å². The number of rotatable bonds is 23. The molecule has 3 N–H and O–H groups in total. The predicted molar refractivity (Wildman–Crippen MR) is 251 cm³/mol. The molecule has 352 valence electrons. The molecule has 0 saturated carbocycles. The zero-order valence-corrected chi connectivity index (χ0v) is 39.1. The first-order valence-corrected chi connectivity index (χ1v) is 23.4. The minimum atomic E-state index is -1.01. The van der Waals surface area contributed by atoms with Crippen LogP contribution in [0.4, 0.5) is 0 Å². The maximum Gasteiger partial charge on any atom is 0.339 e. The van der Waals surface area contributed by atoms with Crippen LogP contribution >= 0.6 is 0 Å². The van der Waals surface area contributed by atoms with Crippen molar-refractivity contribution in [2.75, 3.05) is 13.7 Å². The van der Waals surface area contributed by atoms with Crippen molar-refractivity contribution < 1.29 is 48.3 Å². The summed E-state index contributed by atoms with van der Waals surface area (Å²) in [6.45, 7) is 9.18. The van der Waals surface area contributed by atoms with Crippen molar-refractivity contribution in [2.24, 2.45) is 0 Å². The Morgan fingerprint density at radius 1 is 0.908 bits per heavy atom. The van der Waals surface area contributed by atoms with Gasteiger partial charge in [0, 0.05) is 44.7 Å². The van der Waals surface area contributed by atoms with Gasteiger partial charge in [-0.2, -0.15) is 0 Å². The molecule has 0 aromatic heterocycles. The number of esters is 2. The van der Waals surface area contributed by atoms with Crippen LogP contribution in [0, 0.1) is 0 Å². The number of para-hydroxylation sites is 1. The third-order valence-corrected chi connectivity index (χ3v) is 11.9. The molecule has 3 aromatic rings. The van der Waals surface area contributed by atoms with Gasteiger partial charge in [0.15, 0.2) is 5.79 Å². The molecule has 5 rings (SSSR count). The fourth-order valence-electron chi connectivity index (χ4n) is 8.42. The maximum atomic E-state index is 14.8. The van der Waals surface area contributed by atoms with Crippen molar-refractivity contribution >= 4 is 29.8 Å². The molecule has 5 atom stereocenters. The quantitative estimate of drug-likeness (QED) is 0.0620. The van der Waals surface area contributed by atoms with Crippen molar-refractivity contribution in [1.29, 1.82) is 0 Å². The van der Waals surface area contributed by atoms with Gasteiger partial charge < -0.3 is 39.4 Å². The second kappa shape index (κ2) is 24.3. The van der Waals surface area contributed by atoms with Gasteiger partial charge >= 0.3 is 11.9 Å². The van der Waals surface area contributed by atoms with E-state index >= 15 is 0 Å². The number of phenols is 1. The fourth-order valence-corrected chi connectivity index (χ4v) is 8.42. The summed E-state index contributed by atoms with van der Waals surface area (Å²) in [7, 11) is 1.57. The minimum absolute atomic E-state index is 0.0135. The van der Waals surface area contributed by atoms with Crippen LogP contribution < -0.4 is 5.32 Å². The summed E-state index contributed by atoms with van der Waals surface area (Å²) in [4.78, 5) is 57.3. The lowest BCUT2D eigenvalue weighted by Gasteiger charge is -2.34. The maximum absolute atomic E-state index is 14.8. The van der Waals surface area contributed by atoms with Crippen molar-refractivity contribution in [3.63, 3.8) is 0 Å². The average Bonchev–Trinajstić information content (AvgIpc) is 3.65. The Hall–Kier alpha value is -5.30. The Balaban J connectivity index is 1.43. The van der Waals surface area contributed by atoms with Crippen molar-refractivity contribution in [3.05, 3.63) is 119 Å². The number of hydrogen-bond acceptors (Lipinski definition) is 10. The van der Waals surface area contributed by atoms with Crippen LogP contribution in [0.1, 0.15) is 132 Å². The molecule has 1 aliphatic carbocycles. The summed E-state index contributed by atoms with van der Waals surface area (Å²) in [5.74, 6) is -2.71. The number of aliphatic hydroxyl groups is 1. The van der Waals surface area contributed by atoms with Crippen LogP contribution in [0.25, 0.3) is 6.08 Å². The number of hydrogen-bond donors (Lipinski definition) is 3. The van der Waals surface area contributed by atoms with Crippen LogP contribution in [-0.2, 0) is 46.2 Å². The molecule has 1 saturated heterocycles. The molecule has 0 unspecified atom stereocenters. The van der Waals surface area contributed by atoms with Gasteiger partial charge in [-0.25, -0.2) is 4.79 Å². The first kappa shape index (κ1) is 50.7. The summed E-state index contributed by atoms with van der Waals surface area (Å²) in [6, 6.07) is 21.8. The fraction of sp³-hybridized carbons (Fsp3) is 0.509. The highest BCUT2D eigenvalue weighted by atomic mass is 16.8. The third kappa shape index (κ3) is 14.9. The lowest BCUT2D eigenvalue weighted by atomic mass is 9.90. The van der Waals surface area contributed by atoms with Gasteiger partial charge in [-0.3, -0.25) is 14.4 Å². The second-order valence-corrected chi connectivity index (χ2v) is 18.3. The normalized spacial score (nSPS) is 18.9. The van der Waals surface area contributed by atoms with E-state index in [4.69, 9.17) is 18.9 Å². The molecular formula is C53H70N2O10. The van der Waals surface area contributed by atoms with E-state index in [1.807, 2.05) is 66.7 Å². The molecule has 0 radical (unpaired) electrons. The topological polar surface area (TPSA) is 161 Å². The second-order valence-electron chi connectivity index (χ2n) is 18.3. The largest absolute Gasteiger partial charge is 0.508 e. The van der Waals surface area contributed by atoms with Crippen LogP contribution in [0.5, 0.6) is 5.75 Å². The summed E-state index contributed by atoms with van der Waals surface area (Å²) < 4.78 is 25.6. The van der Waals surface area contributed by atoms with Gasteiger partial charge in [-0.1, -0.05) is 118 Å². The Kier molecular flexibility index (Phi) is 18.9. The number of aliphatic hydroxyl groups excluding tert-OH is 1. The first-order chi connectivity index (χ1) is 31.2. The average molecular weight is 895 g/mol. The van der Waals surface area contributed by atoms with Crippen LogP contribution in [-0.4, -0.2) is 94.3 Å². The summed E-state index contributed by atoms with van der Waals surface area (Å²) in [5, 5.41) is 23.4. The number of amides is 2. The first-order valence-electron chi connectivity index (χ1n) is 23.4. The number of nitrogens with zero attached hydrogens (tertiary/aromatic N) is 1. The predicted octanol–water partition coefficient (Wildman–Crippen LogP) is 8.81. The number of unbranched alkanes of at least 4 members (excludes halogenated alkanes) is 4. The van der Waals surface area contributed by atoms with Gasteiger partial charge in [0.2, 0.25) is 11.8 Å². The number of likely N-dealkylation sites (N-methyl/N-ethyl adjacent to an activating group) is 1. The zero-order valence-electron chi connectivity index (χ0n) is 39.1. The number of carbonyl (C=O) groups excluding carboxylic acids is 4. The van der Waals surface area contributed by atoms with E-state index in [0.29, 0.717) is 36.0 Å². The van der Waals surface area contributed by atoms with E-state index in [9.17, 15) is 29.4 Å². The molecule has 0 spiro atoms. The smallest absolute Gasteiger partial charge is 0.339 e. The molecule has 3 aromatic carbocycles. The molecular weight excluding hydrogens is 825 g/mol. The number of ether oxygens (including phenoxy) is 4. The Bertz CT molecular complexity index is 2080. The van der Waals surface area contributed by atoms with E-state index in [1.54, 1.807) is 58.2 Å². The molecule has 2 amide bonds. The van der Waals surface area contributed by atoms with E-state index in [-0.39, 0.29) is 31.4 Å². The Labute approximate surface area is 385 Å². The van der Waals surface area contributed by atoms with Crippen LogP contribution in [0.15, 0.2) is 96.6 Å². The van der Waals surface area contributed by atoms with Gasteiger partial charge in [0.05, 0.1) is 18.2 Å². The molecule has 65 heavy (non-hydrogen) atoms. The van der Waals surface area contributed by atoms with E-state index < -0.39 is 72.1 Å². The summed E-state index contributed by atoms with van der Waals surface area (Å²) in [5.41, 5.74) is 2.17. The highest BCUT2D eigenvalue weighted by Crippen LogP contribution is 2.43. The number of benzene rings is 3. The standard InChI is InChI=1S/C53H70N2O10/c1-7-9-18-31-53(32-19-10-8-2)63-46-35-40(34-45(48(46)65-53)62-51(61)42-27-16-14-23-38(42)25-20-26-39-24-15-17-28-44(39)57)50(60)55(6)43(33-37-21-12-11-13-22-37)49(59)54-41(36-56)29-30-47(58)64-52(3,4)5/h11-17,20-25,27-28,35,41,43,45-46,48,56-57H,7-10,18-19,26,29-34,36H2,1-6H3,(H,54,59)/t41-,43+,45+,46+,48-/m0/s1. The molecule has 0 bridgehead atoms. The SMILES string of the molecule is CCCCCC1(CCCCC)O[C@@H]2[C@@H](C=C(C(=O)N(C)[C@H](Cc3ccccc3)C(=O)N[C@H](CO)CCC(=O)OC(C)(C)C)C[C@H]2OC(=O)c2ccccc2C=CCc2ccccc2O)O1. The number of allylic oxidation sites excluding steroid dienone is 1. The minimum Gasteiger partial charge on any atom is -0.508 e. The molecule has 12 nitrogen and oxygen atoms in total. The van der Waals surface area contributed by atoms with Crippen molar-refractivity contribution in [1.82, 2.24) is 10.2 Å². The van der Waals surface area contributed by atoms with Crippen molar-refractivity contribution in [3.8, 4) is 5.75 Å². The summed E-state index contributed by atoms with van der Waals surface area (Å²) >= 11 is 0. The van der Waals surface area contributed by atoms with E-state index in [2.05, 4.69) is 19.2 Å². The lowest BCUT2D eigenvalue weighted by molar-refractivity contribution is -0.190. The number of carbonyl (C=O) groups is 4. The van der Waals surface area contributed by atoms with Gasteiger partial charge in [0.25, 0.3) is 0 Å². The van der Waals surface area contributed by atoms with E-state index in [1.165, 1.54) is 4.90 Å². The van der Waals surface area contributed by atoms with E-state index in [0.717, 1.165) is 49.7 Å². The number of aromatic hydroxyl groups is 1. The Morgan fingerprint density at radius 2 is 1.57 bits per heavy atom. The molecule has 1 fully saturated rings. The Morgan fingerprint density at radius 3 is 2.23 bits per heavy atom. The van der Waals surface area contributed by atoms with Gasteiger partial charge in [0.1, 0.15) is 35.7 Å². The molecule has 1 aliphatic heterocycles. The number of nitrogens with one attached hydrogen (secondary N) is 1. The highest BCUT2D eigenvalue weighted by molar-refractivity contribution is 5.98. The number of phenolic OH excluding ortho intramolecular Hbond substituents is 1. The van der Waals surface area contributed by atoms with Crippen molar-refractivity contribution in [2.45, 2.75) is 160 Å². The molecule has 2 aliphatic rings.